The second kappa shape index (κ2) is 5.33. The number of aliphatic carboxylic acids is 1. The number of carboxylic acid groups (broad SMARTS) is 1. The molecule has 1 aliphatic rings. The van der Waals surface area contributed by atoms with E-state index in [9.17, 15) is 23.1 Å². The number of carbonyl (C=O) groups is 1. The topological polar surface area (TPSA) is 82.1 Å². The van der Waals surface area contributed by atoms with E-state index < -0.39 is 30.5 Å². The average molecular weight is 350 g/mol. The summed E-state index contributed by atoms with van der Waals surface area (Å²) in [6.07, 6.45) is -3.31. The fourth-order valence-electron chi connectivity index (χ4n) is 3.46. The monoisotopic (exact) mass is 350 g/mol. The highest BCUT2D eigenvalue weighted by Crippen LogP contribution is 2.41. The summed E-state index contributed by atoms with van der Waals surface area (Å²) in [4.78, 5) is 24.1. The second-order valence-electron chi connectivity index (χ2n) is 6.09. The fraction of sp³-hybridized carbons (Fsp3) is 0.312. The molecule has 3 aromatic rings. The second-order valence-corrected chi connectivity index (χ2v) is 6.09. The van der Waals surface area contributed by atoms with Gasteiger partial charge in [-0.2, -0.15) is 13.2 Å². The van der Waals surface area contributed by atoms with E-state index in [4.69, 9.17) is 0 Å². The molecule has 1 aliphatic heterocycles. The smallest absolute Gasteiger partial charge is 0.394 e. The van der Waals surface area contributed by atoms with E-state index in [1.54, 1.807) is 0 Å². The Morgan fingerprint density at radius 3 is 2.68 bits per heavy atom. The number of alkyl halides is 3. The third-order valence-electron chi connectivity index (χ3n) is 4.63. The number of para-hydroxylation sites is 1. The minimum atomic E-state index is -4.58. The highest BCUT2D eigenvalue weighted by Gasteiger charge is 2.53. The van der Waals surface area contributed by atoms with Gasteiger partial charge in [0.1, 0.15) is 17.8 Å². The molecule has 1 aromatic carbocycles. The Labute approximate surface area is 139 Å². The van der Waals surface area contributed by atoms with Crippen LogP contribution >= 0.6 is 0 Å². The van der Waals surface area contributed by atoms with Crippen LogP contribution in [0, 0.1) is 11.8 Å². The average Bonchev–Trinajstić information content (AvgIpc) is 3.16. The third-order valence-corrected chi connectivity index (χ3v) is 4.63. The number of aromatic nitrogens is 3. The number of nitrogens with zero attached hydrogens (tertiary/aromatic N) is 3. The molecule has 2 N–H and O–H groups in total. The first kappa shape index (κ1) is 15.7. The van der Waals surface area contributed by atoms with Gasteiger partial charge in [0, 0.05) is 24.0 Å². The van der Waals surface area contributed by atoms with Crippen molar-refractivity contribution in [1.82, 2.24) is 15.0 Å². The minimum Gasteiger partial charge on any atom is -0.481 e. The van der Waals surface area contributed by atoms with Gasteiger partial charge < -0.3 is 15.0 Å². The maximum absolute atomic E-state index is 13.2. The van der Waals surface area contributed by atoms with Crippen LogP contribution in [0.25, 0.3) is 21.9 Å². The summed E-state index contributed by atoms with van der Waals surface area (Å²) in [5, 5.41) is 10.6. The number of nitrogens with one attached hydrogen (secondary N) is 1. The van der Waals surface area contributed by atoms with Crippen LogP contribution in [0.1, 0.15) is 0 Å². The van der Waals surface area contributed by atoms with Gasteiger partial charge in [-0.1, -0.05) is 18.2 Å². The van der Waals surface area contributed by atoms with Crippen molar-refractivity contribution in [2.24, 2.45) is 11.8 Å². The van der Waals surface area contributed by atoms with Crippen LogP contribution in [0.3, 0.4) is 0 Å². The number of rotatable bonds is 2. The van der Waals surface area contributed by atoms with Crippen molar-refractivity contribution in [3.8, 4) is 0 Å². The van der Waals surface area contributed by atoms with Gasteiger partial charge in [0.15, 0.2) is 0 Å². The van der Waals surface area contributed by atoms with Gasteiger partial charge in [-0.15, -0.1) is 0 Å². The Bertz CT molecular complexity index is 969. The number of carboxylic acids is 1. The van der Waals surface area contributed by atoms with Crippen LogP contribution in [0.15, 0.2) is 30.6 Å². The Kier molecular flexibility index (Phi) is 3.34. The number of aromatic amines is 1. The van der Waals surface area contributed by atoms with E-state index in [1.807, 2.05) is 24.3 Å². The van der Waals surface area contributed by atoms with Gasteiger partial charge in [-0.3, -0.25) is 4.79 Å². The summed E-state index contributed by atoms with van der Waals surface area (Å²) >= 11 is 0. The highest BCUT2D eigenvalue weighted by molar-refractivity contribution is 6.11. The quantitative estimate of drug-likeness (QED) is 0.743. The van der Waals surface area contributed by atoms with Crippen molar-refractivity contribution in [2.45, 2.75) is 6.18 Å². The fourth-order valence-corrected chi connectivity index (χ4v) is 3.46. The molecule has 0 unspecified atom stereocenters. The molecule has 0 aliphatic carbocycles. The molecule has 2 atom stereocenters. The van der Waals surface area contributed by atoms with Crippen LogP contribution in [0.2, 0.25) is 0 Å². The summed E-state index contributed by atoms with van der Waals surface area (Å²) in [5.41, 5.74) is 1.30. The number of benzene rings is 1. The summed E-state index contributed by atoms with van der Waals surface area (Å²) in [7, 11) is 0. The van der Waals surface area contributed by atoms with Gasteiger partial charge >= 0.3 is 12.1 Å². The lowest BCUT2D eigenvalue weighted by atomic mass is 9.96. The standard InChI is InChI=1S/C16H13F3N4O2/c17-16(18,19)10-6-23(5-9(10)15(24)25)14-12-8-3-1-2-4-11(8)22-13(12)20-7-21-14/h1-4,7,9-10H,5-6H2,(H,24,25)(H,20,21,22)/t9-,10-/m1/s1. The molecule has 130 valence electrons. The van der Waals surface area contributed by atoms with Crippen molar-refractivity contribution in [3.63, 3.8) is 0 Å². The summed E-state index contributed by atoms with van der Waals surface area (Å²) in [6.45, 7) is -0.683. The molecule has 0 radical (unpaired) electrons. The van der Waals surface area contributed by atoms with Crippen molar-refractivity contribution < 1.29 is 23.1 Å². The molecule has 0 amide bonds. The lowest BCUT2D eigenvalue weighted by molar-refractivity contribution is -0.187. The number of fused-ring (bicyclic) bond motifs is 3. The first-order chi connectivity index (χ1) is 11.9. The zero-order valence-corrected chi connectivity index (χ0v) is 12.8. The van der Waals surface area contributed by atoms with E-state index in [0.717, 1.165) is 10.9 Å². The van der Waals surface area contributed by atoms with Gasteiger partial charge in [0.25, 0.3) is 0 Å². The molecule has 4 rings (SSSR count). The summed E-state index contributed by atoms with van der Waals surface area (Å²) in [6, 6.07) is 7.31. The van der Waals surface area contributed by atoms with Crippen molar-refractivity contribution >= 4 is 33.7 Å². The molecular weight excluding hydrogens is 337 g/mol. The Morgan fingerprint density at radius 2 is 2.00 bits per heavy atom. The number of H-pyrrole nitrogens is 1. The van der Waals surface area contributed by atoms with Crippen LogP contribution in [-0.4, -0.2) is 45.3 Å². The van der Waals surface area contributed by atoms with Gasteiger partial charge in [-0.25, -0.2) is 9.97 Å². The zero-order valence-electron chi connectivity index (χ0n) is 12.8. The molecule has 6 nitrogen and oxygen atoms in total. The number of halogens is 3. The summed E-state index contributed by atoms with van der Waals surface area (Å²) < 4.78 is 39.7. The van der Waals surface area contributed by atoms with Crippen molar-refractivity contribution in [1.29, 1.82) is 0 Å². The highest BCUT2D eigenvalue weighted by atomic mass is 19.4. The van der Waals surface area contributed by atoms with E-state index in [2.05, 4.69) is 15.0 Å². The third kappa shape index (κ3) is 2.46. The van der Waals surface area contributed by atoms with Crippen LogP contribution in [0.5, 0.6) is 0 Å². The van der Waals surface area contributed by atoms with E-state index in [0.29, 0.717) is 16.9 Å². The van der Waals surface area contributed by atoms with E-state index in [-0.39, 0.29) is 6.54 Å². The Hall–Kier alpha value is -2.84. The molecule has 0 spiro atoms. The maximum atomic E-state index is 13.2. The molecule has 2 aromatic heterocycles. The van der Waals surface area contributed by atoms with Crippen LogP contribution in [-0.2, 0) is 4.79 Å². The van der Waals surface area contributed by atoms with Crippen molar-refractivity contribution in [3.05, 3.63) is 30.6 Å². The zero-order chi connectivity index (χ0) is 17.8. The predicted molar refractivity (Wildman–Crippen MR) is 84.3 cm³/mol. The molecule has 3 heterocycles. The molecule has 9 heteroatoms. The summed E-state index contributed by atoms with van der Waals surface area (Å²) in [5.74, 6) is -4.58. The van der Waals surface area contributed by atoms with Gasteiger partial charge in [0.05, 0.1) is 17.2 Å². The number of anilines is 1. The first-order valence-electron chi connectivity index (χ1n) is 7.62. The molecule has 0 saturated carbocycles. The first-order valence-corrected chi connectivity index (χ1v) is 7.62. The lowest BCUT2D eigenvalue weighted by Gasteiger charge is -2.19. The number of hydrogen-bond acceptors (Lipinski definition) is 4. The molecule has 1 saturated heterocycles. The van der Waals surface area contributed by atoms with Crippen LogP contribution < -0.4 is 4.90 Å². The van der Waals surface area contributed by atoms with E-state index in [1.165, 1.54) is 11.2 Å². The molecule has 1 fully saturated rings. The Balaban J connectivity index is 1.84. The van der Waals surface area contributed by atoms with Crippen LogP contribution in [0.4, 0.5) is 19.0 Å². The predicted octanol–water partition coefficient (Wildman–Crippen LogP) is 2.81. The molecule has 0 bridgehead atoms. The SMILES string of the molecule is O=C(O)[C@@H]1CN(c2ncnc3[nH]c4ccccc4c23)C[C@H]1C(F)(F)F. The van der Waals surface area contributed by atoms with Crippen molar-refractivity contribution in [2.75, 3.05) is 18.0 Å². The minimum absolute atomic E-state index is 0.245. The lowest BCUT2D eigenvalue weighted by Crippen LogP contribution is -2.33. The maximum Gasteiger partial charge on any atom is 0.394 e. The molecule has 25 heavy (non-hydrogen) atoms. The van der Waals surface area contributed by atoms with Gasteiger partial charge in [-0.05, 0) is 6.07 Å². The van der Waals surface area contributed by atoms with Gasteiger partial charge in [0.2, 0.25) is 0 Å². The molecular formula is C16H13F3N4O2. The Morgan fingerprint density at radius 1 is 1.24 bits per heavy atom. The van der Waals surface area contributed by atoms with E-state index >= 15 is 0 Å². The normalized spacial score (nSPS) is 21.3. The largest absolute Gasteiger partial charge is 0.481 e. The number of hydrogen-bond donors (Lipinski definition) is 2.